The number of carbonyl (C=O) groups excluding carboxylic acids is 5. The highest BCUT2D eigenvalue weighted by Gasteiger charge is 2.58. The number of hydrogen-bond acceptors (Lipinski definition) is 12. The number of carbonyl (C=O) groups is 5. The molecule has 3 aliphatic rings. The number of aromatic nitrogens is 2. The van der Waals surface area contributed by atoms with Crippen molar-refractivity contribution in [1.82, 2.24) is 35.1 Å². The molecule has 4 heterocycles. The van der Waals surface area contributed by atoms with Crippen LogP contribution in [0.4, 0.5) is 0 Å². The highest BCUT2D eigenvalue weighted by atomic mass is 16.5. The average Bonchev–Trinajstić information content (AvgIpc) is 3.89. The Morgan fingerprint density at radius 2 is 1.83 bits per heavy atom. The van der Waals surface area contributed by atoms with E-state index in [-0.39, 0.29) is 49.8 Å². The van der Waals surface area contributed by atoms with E-state index >= 15 is 0 Å². The molecule has 17 heteroatoms. The summed E-state index contributed by atoms with van der Waals surface area (Å²) in [6, 6.07) is 12.3. The van der Waals surface area contributed by atoms with E-state index in [0.717, 1.165) is 39.0 Å². The second-order valence-corrected chi connectivity index (χ2v) is 20.3. The number of nitrogens with zero attached hydrogens (tertiary/aromatic N) is 5. The Morgan fingerprint density at radius 3 is 2.52 bits per heavy atom. The van der Waals surface area contributed by atoms with Crippen molar-refractivity contribution >= 4 is 40.5 Å². The summed E-state index contributed by atoms with van der Waals surface area (Å²) < 4.78 is 19.4. The lowest BCUT2D eigenvalue weighted by Crippen LogP contribution is -2.62. The second kappa shape index (κ2) is 20.6. The molecule has 1 unspecified atom stereocenters. The highest BCUT2D eigenvalue weighted by molar-refractivity contribution is 5.97. The number of pyridine rings is 1. The summed E-state index contributed by atoms with van der Waals surface area (Å²) in [7, 11) is 6.21. The molecular weight excluding hydrogens is 881 g/mol. The maximum Gasteiger partial charge on any atom is 0.324 e. The van der Waals surface area contributed by atoms with Gasteiger partial charge in [0.2, 0.25) is 17.7 Å². The van der Waals surface area contributed by atoms with Gasteiger partial charge in [0.25, 0.3) is 5.91 Å². The number of likely N-dealkylation sites (N-methyl/N-ethyl adjacent to an activating group) is 2. The molecule has 0 spiro atoms. The number of phenolic OH excluding ortho intramolecular Hbond substituents is 1. The maximum absolute atomic E-state index is 14.7. The third kappa shape index (κ3) is 10.7. The van der Waals surface area contributed by atoms with Crippen LogP contribution in [-0.4, -0.2) is 137 Å². The molecule has 69 heavy (non-hydrogen) atoms. The van der Waals surface area contributed by atoms with Crippen molar-refractivity contribution < 1.29 is 43.3 Å². The fraction of sp³-hybridized carbons (Fsp3) is 0.538. The molecule has 372 valence electrons. The lowest BCUT2D eigenvalue weighted by Gasteiger charge is -2.37. The molecule has 2 aromatic carbocycles. The van der Waals surface area contributed by atoms with Gasteiger partial charge in [0.05, 0.1) is 37.3 Å². The zero-order valence-electron chi connectivity index (χ0n) is 41.8. The first-order valence-corrected chi connectivity index (χ1v) is 24.0. The van der Waals surface area contributed by atoms with E-state index in [1.165, 1.54) is 28.9 Å². The van der Waals surface area contributed by atoms with Gasteiger partial charge in [-0.2, -0.15) is 0 Å². The fourth-order valence-corrected chi connectivity index (χ4v) is 10.2. The number of hydrogen-bond donors (Lipinski definition) is 4. The van der Waals surface area contributed by atoms with Gasteiger partial charge in [-0.25, -0.2) is 5.43 Å². The molecule has 0 radical (unpaired) electrons. The number of rotatable bonds is 13. The van der Waals surface area contributed by atoms with Crippen molar-refractivity contribution in [2.24, 2.45) is 23.0 Å². The molecule has 2 aliphatic heterocycles. The van der Waals surface area contributed by atoms with Gasteiger partial charge >= 0.3 is 5.97 Å². The molecule has 7 rings (SSSR count). The number of fused-ring (bicyclic) bond motifs is 6. The molecule has 17 nitrogen and oxygen atoms in total. The standard InChI is InChI=1S/C52H70N8O9/c1-11-59-42-17-16-33-24-38(42)39(46(59)37-14-12-18-54-44(37)31(4)68-10)26-51(5,6)29-69-49(65)40-15-13-19-60(56-40)48(64)41(22-32-20-34(33)23-36(61)21-32)55-47(63)45(30(2)3)58(8)43(62)27-57(7)50(66)52(53)25-35(52)28-67-9/h12,14,16-18,20-21,23-24,30-31,35,40-41,45,56,61H,11,13,15,19,22,25-29,53H2,1-10H3,(H,55,63)/t31-,35-,40-,41-,45-,52?/m0/s1. The monoisotopic (exact) mass is 951 g/mol. The number of nitrogens with two attached hydrogens (primary N) is 1. The summed E-state index contributed by atoms with van der Waals surface area (Å²) in [5, 5.41) is 16.7. The molecule has 1 saturated heterocycles. The van der Waals surface area contributed by atoms with Crippen LogP contribution in [0.5, 0.6) is 5.75 Å². The minimum absolute atomic E-state index is 0.0294. The fourth-order valence-electron chi connectivity index (χ4n) is 10.2. The predicted molar refractivity (Wildman–Crippen MR) is 261 cm³/mol. The van der Waals surface area contributed by atoms with Crippen LogP contribution in [0.3, 0.4) is 0 Å². The van der Waals surface area contributed by atoms with Crippen LogP contribution in [0.25, 0.3) is 33.3 Å². The summed E-state index contributed by atoms with van der Waals surface area (Å²) in [6.07, 6.45) is 3.32. The Bertz CT molecular complexity index is 2590. The summed E-state index contributed by atoms with van der Waals surface area (Å²) >= 11 is 0. The number of esters is 1. The molecule has 4 amide bonds. The number of aryl methyl sites for hydroxylation is 1. The van der Waals surface area contributed by atoms with Gasteiger partial charge in [-0.1, -0.05) is 39.8 Å². The lowest BCUT2D eigenvalue weighted by atomic mass is 9.84. The normalized spacial score (nSPS) is 22.4. The van der Waals surface area contributed by atoms with Crippen molar-refractivity contribution in [1.29, 1.82) is 0 Å². The Labute approximate surface area is 405 Å². The highest BCUT2D eigenvalue weighted by Crippen LogP contribution is 2.43. The van der Waals surface area contributed by atoms with Gasteiger partial charge in [0.1, 0.15) is 29.4 Å². The van der Waals surface area contributed by atoms with Crippen LogP contribution in [-0.2, 0) is 57.6 Å². The predicted octanol–water partition coefficient (Wildman–Crippen LogP) is 4.76. The number of hydrazine groups is 1. The van der Waals surface area contributed by atoms with Crippen molar-refractivity contribution in [3.8, 4) is 28.1 Å². The molecule has 5 N–H and O–H groups in total. The average molecular weight is 951 g/mol. The Kier molecular flexibility index (Phi) is 15.2. The van der Waals surface area contributed by atoms with E-state index in [1.54, 1.807) is 46.4 Å². The SMILES string of the molecule is CCn1c(-c2cccnc2[C@H](C)OC)c2c3cc(ccc31)-c1cc(O)cc(c1)C[C@H](NC(=O)[C@H](C(C)C)N(C)C(=O)CN(C)C(=O)C1(N)C[C@H]1COC)C(=O)N1CCC[C@H](N1)C(=O)OCC(C)(C)C2. The largest absolute Gasteiger partial charge is 0.508 e. The number of cyclic esters (lactones) is 1. The minimum Gasteiger partial charge on any atom is -0.508 e. The van der Waals surface area contributed by atoms with Gasteiger partial charge in [-0.3, -0.25) is 34.0 Å². The number of methoxy groups -OCH3 is 2. The summed E-state index contributed by atoms with van der Waals surface area (Å²) in [5.41, 5.74) is 14.7. The van der Waals surface area contributed by atoms with Crippen LogP contribution in [0.2, 0.25) is 0 Å². The number of aromatic hydroxyl groups is 1. The van der Waals surface area contributed by atoms with Crippen LogP contribution >= 0.6 is 0 Å². The van der Waals surface area contributed by atoms with E-state index < -0.39 is 58.7 Å². The van der Waals surface area contributed by atoms with Crippen LogP contribution < -0.4 is 16.5 Å². The maximum atomic E-state index is 14.7. The molecule has 1 aliphatic carbocycles. The number of ether oxygens (including phenoxy) is 3. The number of nitrogens with one attached hydrogen (secondary N) is 2. The minimum atomic E-state index is -1.20. The molecule has 6 atom stereocenters. The Hall–Kier alpha value is -5.88. The first kappa shape index (κ1) is 51.0. The topological polar surface area (TPSA) is 211 Å². The first-order chi connectivity index (χ1) is 32.7. The van der Waals surface area contributed by atoms with Crippen molar-refractivity contribution in [3.05, 3.63) is 71.5 Å². The van der Waals surface area contributed by atoms with Crippen molar-refractivity contribution in [3.63, 3.8) is 0 Å². The van der Waals surface area contributed by atoms with Gasteiger partial charge in [-0.15, -0.1) is 0 Å². The van der Waals surface area contributed by atoms with Gasteiger partial charge < -0.3 is 44.7 Å². The van der Waals surface area contributed by atoms with E-state index in [0.29, 0.717) is 50.0 Å². The van der Waals surface area contributed by atoms with E-state index in [9.17, 15) is 29.1 Å². The zero-order chi connectivity index (χ0) is 50.1. The molecule has 4 aromatic rings. The van der Waals surface area contributed by atoms with Gasteiger partial charge in [0.15, 0.2) is 0 Å². The third-order valence-corrected chi connectivity index (χ3v) is 14.0. The first-order valence-electron chi connectivity index (χ1n) is 24.0. The van der Waals surface area contributed by atoms with E-state index in [1.807, 2.05) is 25.1 Å². The lowest BCUT2D eigenvalue weighted by molar-refractivity contribution is -0.155. The molecule has 2 aromatic heterocycles. The number of amides is 4. The van der Waals surface area contributed by atoms with Crippen LogP contribution in [0.1, 0.15) is 83.7 Å². The Morgan fingerprint density at radius 1 is 1.07 bits per heavy atom. The zero-order valence-corrected chi connectivity index (χ0v) is 41.8. The van der Waals surface area contributed by atoms with Crippen molar-refractivity contribution in [2.75, 3.05) is 54.6 Å². The van der Waals surface area contributed by atoms with Crippen LogP contribution in [0.15, 0.2) is 54.7 Å². The number of phenols is 1. The smallest absolute Gasteiger partial charge is 0.324 e. The third-order valence-electron chi connectivity index (χ3n) is 14.0. The molecule has 6 bridgehead atoms. The van der Waals surface area contributed by atoms with E-state index in [4.69, 9.17) is 24.9 Å². The summed E-state index contributed by atoms with van der Waals surface area (Å²) in [5.74, 6) is -3.06. The quantitative estimate of drug-likeness (QED) is 0.134. The second-order valence-electron chi connectivity index (χ2n) is 20.3. The van der Waals surface area contributed by atoms with Gasteiger partial charge in [0, 0.05) is 81.8 Å². The molecule has 2 fully saturated rings. The molecule has 1 saturated carbocycles. The summed E-state index contributed by atoms with van der Waals surface area (Å²) in [4.78, 5) is 77.7. The van der Waals surface area contributed by atoms with Crippen molar-refractivity contribution in [2.45, 2.75) is 110 Å². The summed E-state index contributed by atoms with van der Waals surface area (Å²) in [6.45, 7) is 12.8. The van der Waals surface area contributed by atoms with Gasteiger partial charge in [-0.05, 0) is 104 Å². The molecular formula is C52H70N8O9. The number of benzene rings is 2. The van der Waals surface area contributed by atoms with E-state index in [2.05, 4.69) is 54.3 Å². The Balaban J connectivity index is 1.27. The van der Waals surface area contributed by atoms with Crippen LogP contribution in [0, 0.1) is 17.3 Å².